The van der Waals surface area contributed by atoms with Crippen molar-refractivity contribution in [2.45, 2.75) is 46.1 Å². The van der Waals surface area contributed by atoms with Gasteiger partial charge in [0, 0.05) is 18.4 Å². The van der Waals surface area contributed by atoms with Crippen LogP contribution >= 0.6 is 11.6 Å². The fourth-order valence-electron chi connectivity index (χ4n) is 2.18. The molecule has 96 valence electrons. The molecule has 0 aliphatic rings. The summed E-state index contributed by atoms with van der Waals surface area (Å²) in [4.78, 5) is 4.05. The first-order chi connectivity index (χ1) is 8.20. The Morgan fingerprint density at radius 2 is 2.12 bits per heavy atom. The van der Waals surface area contributed by atoms with Gasteiger partial charge in [0.2, 0.25) is 0 Å². The zero-order valence-corrected chi connectivity index (χ0v) is 11.8. The average molecular weight is 255 g/mol. The molecule has 0 fully saturated rings. The van der Waals surface area contributed by atoms with Gasteiger partial charge in [-0.1, -0.05) is 38.8 Å². The Bertz CT molecular complexity index is 328. The maximum atomic E-state index is 6.24. The Balaban J connectivity index is 2.85. The van der Waals surface area contributed by atoms with Gasteiger partial charge in [0.25, 0.3) is 0 Å². The van der Waals surface area contributed by atoms with Crippen LogP contribution in [0.3, 0.4) is 0 Å². The van der Waals surface area contributed by atoms with E-state index in [0.717, 1.165) is 18.0 Å². The Labute approximate surface area is 110 Å². The molecule has 0 aromatic carbocycles. The molecule has 0 radical (unpaired) electrons. The lowest BCUT2D eigenvalue weighted by Crippen LogP contribution is -2.28. The molecule has 1 rings (SSSR count). The maximum absolute atomic E-state index is 6.24. The lowest BCUT2D eigenvalue weighted by molar-refractivity contribution is 0.363. The van der Waals surface area contributed by atoms with E-state index in [9.17, 15) is 0 Å². The van der Waals surface area contributed by atoms with Gasteiger partial charge < -0.3 is 5.32 Å². The van der Waals surface area contributed by atoms with Crippen LogP contribution < -0.4 is 5.32 Å². The van der Waals surface area contributed by atoms with Crippen LogP contribution in [0.15, 0.2) is 18.5 Å². The number of pyridine rings is 1. The van der Waals surface area contributed by atoms with Crippen molar-refractivity contribution in [2.75, 3.05) is 6.54 Å². The molecule has 2 unspecified atom stereocenters. The normalized spacial score (nSPS) is 14.6. The summed E-state index contributed by atoms with van der Waals surface area (Å²) < 4.78 is 0. The average Bonchev–Trinajstić information content (AvgIpc) is 2.32. The first kappa shape index (κ1) is 14.5. The molecular weight excluding hydrogens is 232 g/mol. The molecule has 0 amide bonds. The quantitative estimate of drug-likeness (QED) is 0.788. The van der Waals surface area contributed by atoms with Gasteiger partial charge in [-0.15, -0.1) is 0 Å². The summed E-state index contributed by atoms with van der Waals surface area (Å²) in [6, 6.07) is 2.37. The smallest absolute Gasteiger partial charge is 0.0637 e. The highest BCUT2D eigenvalue weighted by molar-refractivity contribution is 6.31. The molecule has 0 saturated heterocycles. The van der Waals surface area contributed by atoms with Gasteiger partial charge in [-0.05, 0) is 36.9 Å². The van der Waals surface area contributed by atoms with Crippen LogP contribution in [0.5, 0.6) is 0 Å². The Morgan fingerprint density at radius 3 is 2.71 bits per heavy atom. The zero-order chi connectivity index (χ0) is 12.7. The van der Waals surface area contributed by atoms with E-state index in [1.165, 1.54) is 18.4 Å². The molecule has 0 bridgehead atoms. The fraction of sp³-hybridized carbons (Fsp3) is 0.643. The molecule has 0 spiro atoms. The van der Waals surface area contributed by atoms with E-state index in [1.54, 1.807) is 6.20 Å². The number of rotatable bonds is 7. The lowest BCUT2D eigenvalue weighted by atomic mass is 9.91. The summed E-state index contributed by atoms with van der Waals surface area (Å²) in [5, 5.41) is 4.37. The summed E-state index contributed by atoms with van der Waals surface area (Å²) in [5.74, 6) is 0.589. The van der Waals surface area contributed by atoms with Gasteiger partial charge in [-0.2, -0.15) is 0 Å². The van der Waals surface area contributed by atoms with E-state index in [1.807, 2.05) is 12.3 Å². The van der Waals surface area contributed by atoms with E-state index in [2.05, 4.69) is 31.1 Å². The molecule has 3 heteroatoms. The van der Waals surface area contributed by atoms with Gasteiger partial charge in [-0.3, -0.25) is 4.98 Å². The second kappa shape index (κ2) is 7.67. The molecular formula is C14H23ClN2. The molecule has 0 saturated carbocycles. The van der Waals surface area contributed by atoms with E-state index < -0.39 is 0 Å². The second-order valence-electron chi connectivity index (χ2n) is 4.59. The van der Waals surface area contributed by atoms with Gasteiger partial charge in [0.1, 0.15) is 0 Å². The minimum atomic E-state index is 0.338. The van der Waals surface area contributed by atoms with Crippen LogP contribution in [0.25, 0.3) is 0 Å². The van der Waals surface area contributed by atoms with Gasteiger partial charge in [0.15, 0.2) is 0 Å². The standard InChI is InChI=1S/C14H23ClN2/c1-4-6-11(3)14(17-8-5-2)12-7-9-16-10-13(12)15/h7,9-11,14,17H,4-6,8H2,1-3H3. The van der Waals surface area contributed by atoms with Crippen molar-refractivity contribution in [1.29, 1.82) is 0 Å². The number of hydrogen-bond donors (Lipinski definition) is 1. The third-order valence-corrected chi connectivity index (χ3v) is 3.38. The maximum Gasteiger partial charge on any atom is 0.0637 e. The van der Waals surface area contributed by atoms with Gasteiger partial charge >= 0.3 is 0 Å². The lowest BCUT2D eigenvalue weighted by Gasteiger charge is -2.26. The van der Waals surface area contributed by atoms with Crippen LogP contribution in [0.2, 0.25) is 5.02 Å². The number of aromatic nitrogens is 1. The predicted molar refractivity (Wildman–Crippen MR) is 74.4 cm³/mol. The molecule has 2 nitrogen and oxygen atoms in total. The van der Waals surface area contributed by atoms with Gasteiger partial charge in [-0.25, -0.2) is 0 Å². The fourth-order valence-corrected chi connectivity index (χ4v) is 2.41. The highest BCUT2D eigenvalue weighted by Gasteiger charge is 2.20. The number of nitrogens with one attached hydrogen (secondary N) is 1. The first-order valence-electron chi connectivity index (χ1n) is 6.53. The Morgan fingerprint density at radius 1 is 1.35 bits per heavy atom. The van der Waals surface area contributed by atoms with Crippen LogP contribution in [-0.4, -0.2) is 11.5 Å². The Kier molecular flexibility index (Phi) is 6.53. The summed E-state index contributed by atoms with van der Waals surface area (Å²) in [6.45, 7) is 7.72. The molecule has 17 heavy (non-hydrogen) atoms. The summed E-state index contributed by atoms with van der Waals surface area (Å²) >= 11 is 6.24. The number of halogens is 1. The van der Waals surface area contributed by atoms with Crippen molar-refractivity contribution in [2.24, 2.45) is 5.92 Å². The minimum Gasteiger partial charge on any atom is -0.310 e. The topological polar surface area (TPSA) is 24.9 Å². The summed E-state index contributed by atoms with van der Waals surface area (Å²) in [6.07, 6.45) is 7.10. The van der Waals surface area contributed by atoms with Crippen molar-refractivity contribution < 1.29 is 0 Å². The van der Waals surface area contributed by atoms with Crippen LogP contribution in [0, 0.1) is 5.92 Å². The highest BCUT2D eigenvalue weighted by atomic mass is 35.5. The second-order valence-corrected chi connectivity index (χ2v) is 5.00. The van der Waals surface area contributed by atoms with Crippen molar-refractivity contribution in [3.8, 4) is 0 Å². The number of hydrogen-bond acceptors (Lipinski definition) is 2. The Hall–Kier alpha value is -0.600. The molecule has 1 aromatic heterocycles. The SMILES string of the molecule is CCCNC(c1ccncc1Cl)C(C)CCC. The van der Waals surface area contributed by atoms with Crippen LogP contribution in [0.4, 0.5) is 0 Å². The third kappa shape index (κ3) is 4.29. The van der Waals surface area contributed by atoms with E-state index in [0.29, 0.717) is 12.0 Å². The van der Waals surface area contributed by atoms with E-state index >= 15 is 0 Å². The minimum absolute atomic E-state index is 0.338. The molecule has 0 aliphatic carbocycles. The van der Waals surface area contributed by atoms with Crippen molar-refractivity contribution >= 4 is 11.6 Å². The monoisotopic (exact) mass is 254 g/mol. The zero-order valence-electron chi connectivity index (χ0n) is 11.0. The summed E-state index contributed by atoms with van der Waals surface area (Å²) in [5.41, 5.74) is 1.18. The first-order valence-corrected chi connectivity index (χ1v) is 6.91. The highest BCUT2D eigenvalue weighted by Crippen LogP contribution is 2.29. The van der Waals surface area contributed by atoms with Crippen molar-refractivity contribution in [1.82, 2.24) is 10.3 Å². The molecule has 1 heterocycles. The molecule has 1 N–H and O–H groups in total. The summed E-state index contributed by atoms with van der Waals surface area (Å²) in [7, 11) is 0. The van der Waals surface area contributed by atoms with Crippen LogP contribution in [0.1, 0.15) is 51.6 Å². The van der Waals surface area contributed by atoms with Crippen molar-refractivity contribution in [3.05, 3.63) is 29.0 Å². The van der Waals surface area contributed by atoms with Crippen LogP contribution in [-0.2, 0) is 0 Å². The third-order valence-electron chi connectivity index (χ3n) is 3.07. The molecule has 2 atom stereocenters. The van der Waals surface area contributed by atoms with Crippen molar-refractivity contribution in [3.63, 3.8) is 0 Å². The largest absolute Gasteiger partial charge is 0.310 e. The molecule has 1 aromatic rings. The molecule has 0 aliphatic heterocycles. The van der Waals surface area contributed by atoms with Gasteiger partial charge in [0.05, 0.1) is 5.02 Å². The predicted octanol–water partition coefficient (Wildman–Crippen LogP) is 4.21. The van der Waals surface area contributed by atoms with E-state index in [4.69, 9.17) is 11.6 Å². The number of nitrogens with zero attached hydrogens (tertiary/aromatic N) is 1. The van der Waals surface area contributed by atoms with E-state index in [-0.39, 0.29) is 0 Å².